The molecule has 0 fully saturated rings. The quantitative estimate of drug-likeness (QED) is 0.503. The fourth-order valence-electron chi connectivity index (χ4n) is 2.37. The smallest absolute Gasteiger partial charge is 0.198 e. The summed E-state index contributed by atoms with van der Waals surface area (Å²) in [5.41, 5.74) is 1.72. The summed E-state index contributed by atoms with van der Waals surface area (Å²) in [7, 11) is 0. The Balaban J connectivity index is 1.69. The second-order valence-electron chi connectivity index (χ2n) is 4.95. The van der Waals surface area contributed by atoms with E-state index >= 15 is 0 Å². The fourth-order valence-corrected chi connectivity index (χ4v) is 2.37. The van der Waals surface area contributed by atoms with Crippen molar-refractivity contribution in [2.75, 3.05) is 0 Å². The molecule has 0 aliphatic carbocycles. The number of aromatic nitrogens is 3. The molecule has 114 valence electrons. The summed E-state index contributed by atoms with van der Waals surface area (Å²) in [5.74, 6) is 0.611. The number of benzene rings is 1. The largest absolute Gasteiger partial charge is 0.494 e. The van der Waals surface area contributed by atoms with E-state index in [1.165, 1.54) is 18.3 Å². The van der Waals surface area contributed by atoms with Gasteiger partial charge in [0, 0.05) is 23.2 Å². The summed E-state index contributed by atoms with van der Waals surface area (Å²) in [6.45, 7) is 0. The summed E-state index contributed by atoms with van der Waals surface area (Å²) in [4.78, 5) is 6.98. The maximum Gasteiger partial charge on any atom is 0.198 e. The molecule has 0 unspecified atom stereocenters. The van der Waals surface area contributed by atoms with E-state index < -0.39 is 0 Å². The van der Waals surface area contributed by atoms with Crippen LogP contribution in [-0.4, -0.2) is 26.5 Å². The average molecular weight is 310 g/mol. The number of H-pyrrole nitrogens is 2. The molecule has 23 heavy (non-hydrogen) atoms. The molecule has 7 heteroatoms. The molecule has 0 saturated carbocycles. The third kappa shape index (κ3) is 2.38. The van der Waals surface area contributed by atoms with Crippen LogP contribution in [0.5, 0.6) is 5.88 Å². The Morgan fingerprint density at radius 1 is 1.26 bits per heavy atom. The van der Waals surface area contributed by atoms with Crippen molar-refractivity contribution < 1.29 is 13.9 Å². The van der Waals surface area contributed by atoms with Gasteiger partial charge in [-0.25, -0.2) is 9.38 Å². The summed E-state index contributed by atoms with van der Waals surface area (Å²) in [6.07, 6.45) is 3.01. The molecule has 0 aliphatic heterocycles. The van der Waals surface area contributed by atoms with E-state index in [2.05, 4.69) is 20.2 Å². The van der Waals surface area contributed by atoms with E-state index in [9.17, 15) is 9.50 Å². The average Bonchev–Trinajstić information content (AvgIpc) is 3.24. The first-order chi connectivity index (χ1) is 11.2. The number of hydrogen-bond acceptors (Lipinski definition) is 4. The highest BCUT2D eigenvalue weighted by Crippen LogP contribution is 2.27. The number of hydrogen-bond donors (Lipinski definition) is 3. The Morgan fingerprint density at radius 3 is 3.00 bits per heavy atom. The Kier molecular flexibility index (Phi) is 2.97. The first-order valence-electron chi connectivity index (χ1n) is 6.84. The molecule has 4 aromatic rings. The highest BCUT2D eigenvalue weighted by molar-refractivity contribution is 6.02. The third-order valence-electron chi connectivity index (χ3n) is 3.46. The molecule has 1 aromatic carbocycles. The zero-order chi connectivity index (χ0) is 15.8. The van der Waals surface area contributed by atoms with Gasteiger partial charge in [0.1, 0.15) is 11.5 Å². The zero-order valence-electron chi connectivity index (χ0n) is 11.7. The van der Waals surface area contributed by atoms with Gasteiger partial charge in [0.15, 0.2) is 17.5 Å². The lowest BCUT2D eigenvalue weighted by Gasteiger charge is -1.92. The lowest BCUT2D eigenvalue weighted by atomic mass is 10.2. The van der Waals surface area contributed by atoms with Gasteiger partial charge < -0.3 is 14.5 Å². The van der Waals surface area contributed by atoms with Crippen molar-refractivity contribution in [3.8, 4) is 17.3 Å². The zero-order valence-corrected chi connectivity index (χ0v) is 11.7. The topological polar surface area (TPSA) is 90.2 Å². The van der Waals surface area contributed by atoms with Gasteiger partial charge in [-0.2, -0.15) is 5.10 Å². The normalized spacial score (nSPS) is 11.7. The van der Waals surface area contributed by atoms with Gasteiger partial charge in [-0.1, -0.05) is 0 Å². The minimum Gasteiger partial charge on any atom is -0.494 e. The van der Waals surface area contributed by atoms with Crippen molar-refractivity contribution in [3.05, 3.63) is 54.0 Å². The van der Waals surface area contributed by atoms with Gasteiger partial charge in [-0.15, -0.1) is 0 Å². The molecule has 3 heterocycles. The monoisotopic (exact) mass is 310 g/mol. The first kappa shape index (κ1) is 13.3. The van der Waals surface area contributed by atoms with Gasteiger partial charge in [-0.3, -0.25) is 5.10 Å². The van der Waals surface area contributed by atoms with Crippen molar-refractivity contribution in [2.45, 2.75) is 0 Å². The fraction of sp³-hybridized carbons (Fsp3) is 0. The maximum absolute atomic E-state index is 13.4. The summed E-state index contributed by atoms with van der Waals surface area (Å²) in [5, 5.41) is 17.4. The molecule has 0 bridgehead atoms. The van der Waals surface area contributed by atoms with E-state index in [1.807, 2.05) is 0 Å². The number of fused-ring (bicyclic) bond motifs is 1. The first-order valence-corrected chi connectivity index (χ1v) is 6.84. The van der Waals surface area contributed by atoms with Crippen molar-refractivity contribution in [3.63, 3.8) is 0 Å². The Labute approximate surface area is 129 Å². The molecule has 3 N–H and O–H groups in total. The maximum atomic E-state index is 13.4. The minimum absolute atomic E-state index is 0.0730. The molecule has 0 radical (unpaired) electrons. The highest BCUT2D eigenvalue weighted by Gasteiger charge is 2.10. The molecule has 0 atom stereocenters. The predicted molar refractivity (Wildman–Crippen MR) is 83.5 cm³/mol. The molecular weight excluding hydrogens is 299 g/mol. The van der Waals surface area contributed by atoms with Crippen molar-refractivity contribution in [2.24, 2.45) is 4.99 Å². The number of halogens is 1. The summed E-state index contributed by atoms with van der Waals surface area (Å²) >= 11 is 0. The van der Waals surface area contributed by atoms with Crippen molar-refractivity contribution in [1.82, 2.24) is 15.2 Å². The van der Waals surface area contributed by atoms with Crippen LogP contribution in [0.4, 0.5) is 10.2 Å². The lowest BCUT2D eigenvalue weighted by molar-refractivity contribution is 0.457. The van der Waals surface area contributed by atoms with E-state index in [4.69, 9.17) is 4.42 Å². The number of nitrogens with one attached hydrogen (secondary N) is 2. The van der Waals surface area contributed by atoms with Crippen LogP contribution in [0.25, 0.3) is 22.4 Å². The van der Waals surface area contributed by atoms with Crippen LogP contribution in [0.3, 0.4) is 0 Å². The van der Waals surface area contributed by atoms with Crippen LogP contribution in [0.2, 0.25) is 0 Å². The Hall–Kier alpha value is -3.35. The Morgan fingerprint density at radius 2 is 2.17 bits per heavy atom. The van der Waals surface area contributed by atoms with E-state index in [0.29, 0.717) is 33.7 Å². The molecule has 4 rings (SSSR count). The molecular formula is C16H11FN4O2. The van der Waals surface area contributed by atoms with E-state index in [1.54, 1.807) is 30.5 Å². The van der Waals surface area contributed by atoms with Gasteiger partial charge in [0.2, 0.25) is 0 Å². The minimum atomic E-state index is -0.383. The van der Waals surface area contributed by atoms with Gasteiger partial charge >= 0.3 is 0 Å². The van der Waals surface area contributed by atoms with Crippen molar-refractivity contribution >= 4 is 22.9 Å². The standard InChI is InChI=1S/C16H11FN4O2/c17-9-3-4-12-10(6-9)11(16(22)19-12)8-18-15-7-13(20-21-15)14-2-1-5-23-14/h1-8,19,22H,(H,20,21). The molecule has 0 amide bonds. The lowest BCUT2D eigenvalue weighted by Crippen LogP contribution is -1.80. The SMILES string of the molecule is Oc1[nH]c2ccc(F)cc2c1C=Nc1cc(-c2ccco2)[nH]n1. The van der Waals surface area contributed by atoms with Gasteiger partial charge in [0.25, 0.3) is 0 Å². The molecule has 6 nitrogen and oxygen atoms in total. The second kappa shape index (κ2) is 5.13. The van der Waals surface area contributed by atoms with Crippen LogP contribution >= 0.6 is 0 Å². The van der Waals surface area contributed by atoms with Crippen molar-refractivity contribution in [1.29, 1.82) is 0 Å². The number of aliphatic imine (C=N–C) groups is 1. The van der Waals surface area contributed by atoms with E-state index in [-0.39, 0.29) is 11.7 Å². The van der Waals surface area contributed by atoms with Gasteiger partial charge in [0.05, 0.1) is 11.8 Å². The highest BCUT2D eigenvalue weighted by atomic mass is 19.1. The number of furan rings is 1. The summed E-state index contributed by atoms with van der Waals surface area (Å²) in [6, 6.07) is 9.51. The van der Waals surface area contributed by atoms with Gasteiger partial charge in [-0.05, 0) is 30.3 Å². The number of nitrogens with zero attached hydrogens (tertiary/aromatic N) is 2. The van der Waals surface area contributed by atoms with E-state index in [0.717, 1.165) is 0 Å². The molecule has 0 aliphatic rings. The predicted octanol–water partition coefficient (Wildman–Crippen LogP) is 3.75. The summed E-state index contributed by atoms with van der Waals surface area (Å²) < 4.78 is 18.6. The molecule has 3 aromatic heterocycles. The number of rotatable bonds is 3. The van der Waals surface area contributed by atoms with Crippen LogP contribution in [0.1, 0.15) is 5.56 Å². The Bertz CT molecular complexity index is 999. The number of aromatic amines is 2. The van der Waals surface area contributed by atoms with Crippen LogP contribution in [0, 0.1) is 5.82 Å². The van der Waals surface area contributed by atoms with Crippen LogP contribution in [-0.2, 0) is 0 Å². The number of aromatic hydroxyl groups is 1. The molecule has 0 spiro atoms. The molecule has 0 saturated heterocycles. The third-order valence-corrected chi connectivity index (χ3v) is 3.46. The van der Waals surface area contributed by atoms with Crippen LogP contribution in [0.15, 0.2) is 52.1 Å². The van der Waals surface area contributed by atoms with Crippen LogP contribution < -0.4 is 0 Å². The second-order valence-corrected chi connectivity index (χ2v) is 4.95.